The summed E-state index contributed by atoms with van der Waals surface area (Å²) in [5.74, 6) is 0.743. The molecule has 2 saturated heterocycles. The Morgan fingerprint density at radius 2 is 2.08 bits per heavy atom. The maximum atomic E-state index is 11.1. The van der Waals surface area contributed by atoms with Crippen molar-refractivity contribution < 1.29 is 9.90 Å². The van der Waals surface area contributed by atoms with Gasteiger partial charge < -0.3 is 15.0 Å². The molecule has 1 aromatic rings. The second-order valence-corrected chi connectivity index (χ2v) is 7.64. The summed E-state index contributed by atoms with van der Waals surface area (Å²) in [4.78, 5) is 26.2. The van der Waals surface area contributed by atoms with Crippen LogP contribution in [0, 0.1) is 12.8 Å². The van der Waals surface area contributed by atoms with Gasteiger partial charge in [-0.1, -0.05) is 0 Å². The van der Waals surface area contributed by atoms with Crippen LogP contribution in [0.5, 0.6) is 0 Å². The minimum Gasteiger partial charge on any atom is -0.481 e. The molecule has 0 spiro atoms. The molecule has 2 aliphatic heterocycles. The predicted octanol–water partition coefficient (Wildman–Crippen LogP) is 1.02. The number of piperazine rings is 1. The lowest BCUT2D eigenvalue weighted by molar-refractivity contribution is -0.137. The highest BCUT2D eigenvalue weighted by Crippen LogP contribution is 2.27. The number of aromatic amines is 1. The number of carboxylic acid groups (broad SMARTS) is 1. The molecule has 0 aliphatic carbocycles. The van der Waals surface area contributed by atoms with E-state index in [1.165, 1.54) is 0 Å². The van der Waals surface area contributed by atoms with Gasteiger partial charge in [0.1, 0.15) is 5.82 Å². The molecule has 2 N–H and O–H groups in total. The maximum Gasteiger partial charge on any atom is 0.303 e. The van der Waals surface area contributed by atoms with Crippen LogP contribution in [-0.2, 0) is 11.3 Å². The number of piperidine rings is 1. The first-order valence-corrected chi connectivity index (χ1v) is 9.38. The largest absolute Gasteiger partial charge is 0.481 e. The highest BCUT2D eigenvalue weighted by Gasteiger charge is 2.34. The molecule has 3 rings (SSSR count). The van der Waals surface area contributed by atoms with Gasteiger partial charge in [0.25, 0.3) is 0 Å². The van der Waals surface area contributed by atoms with Crippen LogP contribution in [0.4, 0.5) is 0 Å². The molecule has 0 unspecified atom stereocenters. The number of imidazole rings is 1. The van der Waals surface area contributed by atoms with E-state index in [4.69, 9.17) is 5.11 Å². The van der Waals surface area contributed by atoms with Crippen LogP contribution in [0.15, 0.2) is 6.20 Å². The Kier molecular flexibility index (Phi) is 6.09. The Morgan fingerprint density at radius 3 is 2.72 bits per heavy atom. The van der Waals surface area contributed by atoms with Crippen molar-refractivity contribution in [2.75, 3.05) is 46.3 Å². The summed E-state index contributed by atoms with van der Waals surface area (Å²) in [6.45, 7) is 9.28. The van der Waals surface area contributed by atoms with Gasteiger partial charge in [-0.25, -0.2) is 4.98 Å². The van der Waals surface area contributed by atoms with E-state index in [9.17, 15) is 4.79 Å². The van der Waals surface area contributed by atoms with Gasteiger partial charge in [-0.05, 0) is 32.7 Å². The number of aromatic nitrogens is 2. The second-order valence-electron chi connectivity index (χ2n) is 7.64. The number of likely N-dealkylation sites (N-methyl/N-ethyl adjacent to an activating group) is 1. The zero-order valence-corrected chi connectivity index (χ0v) is 15.4. The van der Waals surface area contributed by atoms with Gasteiger partial charge in [-0.2, -0.15) is 0 Å². The molecule has 2 atom stereocenters. The number of likely N-dealkylation sites (tertiary alicyclic amines) is 1. The molecule has 25 heavy (non-hydrogen) atoms. The van der Waals surface area contributed by atoms with Crippen molar-refractivity contribution in [3.63, 3.8) is 0 Å². The summed E-state index contributed by atoms with van der Waals surface area (Å²) < 4.78 is 0. The predicted molar refractivity (Wildman–Crippen MR) is 96.4 cm³/mol. The number of hydrogen-bond acceptors (Lipinski definition) is 5. The molecule has 2 fully saturated rings. The fourth-order valence-electron chi connectivity index (χ4n) is 4.22. The number of carbonyl (C=O) groups is 1. The average molecular weight is 349 g/mol. The molecule has 0 saturated carbocycles. The fourth-order valence-corrected chi connectivity index (χ4v) is 4.22. The molecule has 0 amide bonds. The molecular weight excluding hydrogens is 318 g/mol. The second kappa shape index (κ2) is 8.29. The minimum atomic E-state index is -0.684. The van der Waals surface area contributed by atoms with Crippen molar-refractivity contribution in [3.05, 3.63) is 17.7 Å². The van der Waals surface area contributed by atoms with Crippen molar-refractivity contribution in [1.29, 1.82) is 0 Å². The highest BCUT2D eigenvalue weighted by atomic mass is 16.4. The quantitative estimate of drug-likeness (QED) is 0.799. The van der Waals surface area contributed by atoms with Gasteiger partial charge in [0.15, 0.2) is 0 Å². The first-order valence-electron chi connectivity index (χ1n) is 9.38. The van der Waals surface area contributed by atoms with E-state index in [0.717, 1.165) is 70.2 Å². The lowest BCUT2D eigenvalue weighted by Gasteiger charge is -2.46. The van der Waals surface area contributed by atoms with Gasteiger partial charge >= 0.3 is 5.97 Å². The summed E-state index contributed by atoms with van der Waals surface area (Å²) in [6, 6.07) is 0.516. The number of carboxylic acids is 1. The SMILES string of the molecule is Cc1cnc(CN2CC[C@H](N3CCN(C)CC3)[C@H](CCC(=O)O)C2)[nH]1. The molecule has 2 aliphatic rings. The third-order valence-corrected chi connectivity index (χ3v) is 5.64. The van der Waals surface area contributed by atoms with E-state index in [1.54, 1.807) is 0 Å². The lowest BCUT2D eigenvalue weighted by Crippen LogP contribution is -2.56. The monoisotopic (exact) mass is 349 g/mol. The number of hydrogen-bond donors (Lipinski definition) is 2. The van der Waals surface area contributed by atoms with E-state index >= 15 is 0 Å². The average Bonchev–Trinajstić information content (AvgIpc) is 2.99. The maximum absolute atomic E-state index is 11.1. The van der Waals surface area contributed by atoms with Crippen molar-refractivity contribution >= 4 is 5.97 Å². The Balaban J connectivity index is 1.61. The fraction of sp³-hybridized carbons (Fsp3) is 0.778. The zero-order valence-electron chi connectivity index (χ0n) is 15.4. The Morgan fingerprint density at radius 1 is 1.32 bits per heavy atom. The summed E-state index contributed by atoms with van der Waals surface area (Å²) in [5, 5.41) is 9.13. The molecular formula is C18H31N5O2. The first-order chi connectivity index (χ1) is 12.0. The first kappa shape index (κ1) is 18.4. The van der Waals surface area contributed by atoms with Gasteiger partial charge in [-0.15, -0.1) is 0 Å². The molecule has 0 bridgehead atoms. The van der Waals surface area contributed by atoms with Crippen LogP contribution < -0.4 is 0 Å². The molecule has 7 nitrogen and oxygen atoms in total. The van der Waals surface area contributed by atoms with Crippen molar-refractivity contribution in [3.8, 4) is 0 Å². The summed E-state index contributed by atoms with van der Waals surface area (Å²) in [7, 11) is 2.17. The normalized spacial score (nSPS) is 26.8. The van der Waals surface area contributed by atoms with Crippen LogP contribution in [0.3, 0.4) is 0 Å². The van der Waals surface area contributed by atoms with E-state index in [1.807, 2.05) is 13.1 Å². The van der Waals surface area contributed by atoms with Crippen molar-refractivity contribution in [2.24, 2.45) is 5.92 Å². The Hall–Kier alpha value is -1.44. The number of aliphatic carboxylic acids is 1. The van der Waals surface area contributed by atoms with Crippen molar-refractivity contribution in [1.82, 2.24) is 24.7 Å². The Bertz CT molecular complexity index is 568. The van der Waals surface area contributed by atoms with Gasteiger partial charge in [0, 0.05) is 63.6 Å². The van der Waals surface area contributed by atoms with E-state index in [2.05, 4.69) is 31.7 Å². The van der Waals surface area contributed by atoms with E-state index in [0.29, 0.717) is 12.0 Å². The number of aryl methyl sites for hydroxylation is 1. The molecule has 7 heteroatoms. The molecule has 140 valence electrons. The zero-order chi connectivity index (χ0) is 17.8. The lowest BCUT2D eigenvalue weighted by atomic mass is 9.86. The molecule has 1 aromatic heterocycles. The number of rotatable bonds is 6. The summed E-state index contributed by atoms with van der Waals surface area (Å²) >= 11 is 0. The summed E-state index contributed by atoms with van der Waals surface area (Å²) in [6.07, 6.45) is 4.02. The van der Waals surface area contributed by atoms with Crippen LogP contribution in [0.2, 0.25) is 0 Å². The third-order valence-electron chi connectivity index (χ3n) is 5.64. The standard InChI is InChI=1S/C18H31N5O2/c1-14-11-19-17(20-14)13-22-6-5-16(15(12-22)3-4-18(24)25)23-9-7-21(2)8-10-23/h11,15-16H,3-10,12-13H2,1-2H3,(H,19,20)(H,24,25)/t15-,16+/m1/s1. The highest BCUT2D eigenvalue weighted by molar-refractivity contribution is 5.66. The van der Waals surface area contributed by atoms with Gasteiger partial charge in [-0.3, -0.25) is 14.6 Å². The minimum absolute atomic E-state index is 0.266. The number of nitrogens with one attached hydrogen (secondary N) is 1. The van der Waals surface area contributed by atoms with Crippen LogP contribution in [-0.4, -0.2) is 88.1 Å². The van der Waals surface area contributed by atoms with Crippen LogP contribution in [0.1, 0.15) is 30.8 Å². The number of nitrogens with zero attached hydrogens (tertiary/aromatic N) is 4. The van der Waals surface area contributed by atoms with Crippen LogP contribution in [0.25, 0.3) is 0 Å². The number of H-pyrrole nitrogens is 1. The molecule has 0 aromatic carbocycles. The third kappa shape index (κ3) is 5.03. The topological polar surface area (TPSA) is 75.7 Å². The van der Waals surface area contributed by atoms with Crippen LogP contribution >= 0.6 is 0 Å². The van der Waals surface area contributed by atoms with Crippen molar-refractivity contribution in [2.45, 2.75) is 38.8 Å². The van der Waals surface area contributed by atoms with E-state index in [-0.39, 0.29) is 6.42 Å². The van der Waals surface area contributed by atoms with Gasteiger partial charge in [0.05, 0.1) is 6.54 Å². The Labute approximate surface area is 150 Å². The summed E-state index contributed by atoms with van der Waals surface area (Å²) in [5.41, 5.74) is 1.09. The molecule has 0 radical (unpaired) electrons. The van der Waals surface area contributed by atoms with Gasteiger partial charge in [0.2, 0.25) is 0 Å². The smallest absolute Gasteiger partial charge is 0.303 e. The van der Waals surface area contributed by atoms with E-state index < -0.39 is 5.97 Å². The molecule has 3 heterocycles.